The summed E-state index contributed by atoms with van der Waals surface area (Å²) in [5, 5.41) is 10.2. The highest BCUT2D eigenvalue weighted by molar-refractivity contribution is 5.98. The summed E-state index contributed by atoms with van der Waals surface area (Å²) in [4.78, 5) is 15.0. The van der Waals surface area contributed by atoms with Crippen LogP contribution >= 0.6 is 0 Å². The van der Waals surface area contributed by atoms with Crippen LogP contribution in [0, 0.1) is 11.3 Å². The number of aromatic nitrogens is 1. The van der Waals surface area contributed by atoms with Crippen LogP contribution in [0.1, 0.15) is 27.2 Å². The molecule has 0 N–H and O–H groups in total. The van der Waals surface area contributed by atoms with Crippen LogP contribution in [0.25, 0.3) is 10.9 Å². The summed E-state index contributed by atoms with van der Waals surface area (Å²) in [5.74, 6) is -0.0421. The lowest BCUT2D eigenvalue weighted by Crippen LogP contribution is -2.28. The van der Waals surface area contributed by atoms with Crippen LogP contribution in [-0.4, -0.2) is 22.4 Å². The van der Waals surface area contributed by atoms with Crippen molar-refractivity contribution in [3.8, 4) is 6.07 Å². The van der Waals surface area contributed by atoms with Gasteiger partial charge in [-0.1, -0.05) is 60.7 Å². The highest BCUT2D eigenvalue weighted by Gasteiger charge is 2.19. The number of benzene rings is 3. The Labute approximate surface area is 170 Å². The second-order valence-corrected chi connectivity index (χ2v) is 7.13. The zero-order valence-corrected chi connectivity index (χ0v) is 16.2. The lowest BCUT2D eigenvalue weighted by atomic mass is 10.1. The van der Waals surface area contributed by atoms with E-state index in [0.29, 0.717) is 24.3 Å². The number of hydrogen-bond donors (Lipinski definition) is 0. The number of rotatable bonds is 5. The molecule has 0 bridgehead atoms. The fourth-order valence-electron chi connectivity index (χ4n) is 3.60. The Balaban J connectivity index is 1.67. The molecule has 1 aromatic heterocycles. The molecule has 29 heavy (non-hydrogen) atoms. The molecule has 0 fully saturated rings. The van der Waals surface area contributed by atoms with Crippen LogP contribution < -0.4 is 0 Å². The van der Waals surface area contributed by atoms with Crippen LogP contribution in [0.15, 0.2) is 84.9 Å². The van der Waals surface area contributed by atoms with Gasteiger partial charge in [0.05, 0.1) is 11.6 Å². The summed E-state index contributed by atoms with van der Waals surface area (Å²) < 4.78 is 2.08. The van der Waals surface area contributed by atoms with Gasteiger partial charge in [-0.25, -0.2) is 0 Å². The van der Waals surface area contributed by atoms with Crippen molar-refractivity contribution in [1.29, 1.82) is 5.26 Å². The summed E-state index contributed by atoms with van der Waals surface area (Å²) >= 11 is 0. The van der Waals surface area contributed by atoms with Gasteiger partial charge < -0.3 is 9.47 Å². The third kappa shape index (κ3) is 3.90. The minimum absolute atomic E-state index is 0.0421. The maximum atomic E-state index is 13.3. The molecule has 0 unspecified atom stereocenters. The van der Waals surface area contributed by atoms with Gasteiger partial charge in [0, 0.05) is 31.0 Å². The SMILES string of the molecule is CN(Cc1cccc(C#N)c1)C(=O)c1cc2ccccc2n1Cc1ccccc1. The monoisotopic (exact) mass is 379 g/mol. The Morgan fingerprint density at radius 1 is 0.931 bits per heavy atom. The zero-order valence-electron chi connectivity index (χ0n) is 16.2. The molecule has 1 amide bonds. The van der Waals surface area contributed by atoms with E-state index in [-0.39, 0.29) is 5.91 Å². The molecule has 0 saturated heterocycles. The molecule has 4 nitrogen and oxygen atoms in total. The molecule has 4 heteroatoms. The van der Waals surface area contributed by atoms with E-state index >= 15 is 0 Å². The first-order valence-electron chi connectivity index (χ1n) is 9.52. The predicted molar refractivity (Wildman–Crippen MR) is 114 cm³/mol. The Morgan fingerprint density at radius 3 is 2.45 bits per heavy atom. The molecule has 0 aliphatic carbocycles. The molecule has 0 spiro atoms. The number of para-hydroxylation sites is 1. The number of nitriles is 1. The van der Waals surface area contributed by atoms with Gasteiger partial charge in [0.2, 0.25) is 0 Å². The van der Waals surface area contributed by atoms with Gasteiger partial charge in [-0.05, 0) is 35.4 Å². The normalized spacial score (nSPS) is 10.6. The Hall–Kier alpha value is -3.84. The maximum Gasteiger partial charge on any atom is 0.270 e. The largest absolute Gasteiger partial charge is 0.336 e. The quantitative estimate of drug-likeness (QED) is 0.498. The first-order chi connectivity index (χ1) is 14.2. The number of carbonyl (C=O) groups is 1. The number of carbonyl (C=O) groups excluding carboxylic acids is 1. The minimum atomic E-state index is -0.0421. The molecule has 0 atom stereocenters. The van der Waals surface area contributed by atoms with Crippen LogP contribution in [0.4, 0.5) is 0 Å². The van der Waals surface area contributed by atoms with E-state index in [4.69, 9.17) is 5.26 Å². The number of nitrogens with zero attached hydrogens (tertiary/aromatic N) is 3. The van der Waals surface area contributed by atoms with Crippen molar-refractivity contribution in [2.75, 3.05) is 7.05 Å². The number of hydrogen-bond acceptors (Lipinski definition) is 2. The van der Waals surface area contributed by atoms with Crippen molar-refractivity contribution in [3.63, 3.8) is 0 Å². The predicted octanol–water partition coefficient (Wildman–Crippen LogP) is 4.83. The second kappa shape index (κ2) is 8.04. The molecule has 0 saturated carbocycles. The summed E-state index contributed by atoms with van der Waals surface area (Å²) in [6.07, 6.45) is 0. The molecule has 4 aromatic rings. The van der Waals surface area contributed by atoms with Gasteiger partial charge in [0.25, 0.3) is 5.91 Å². The molecule has 0 aliphatic heterocycles. The smallest absolute Gasteiger partial charge is 0.270 e. The molecule has 0 aliphatic rings. The van der Waals surface area contributed by atoms with E-state index in [9.17, 15) is 4.79 Å². The van der Waals surface area contributed by atoms with Gasteiger partial charge in [-0.2, -0.15) is 5.26 Å². The number of amides is 1. The highest BCUT2D eigenvalue weighted by Crippen LogP contribution is 2.23. The molecule has 4 rings (SSSR count). The Bertz CT molecular complexity index is 1200. The Kier molecular flexibility index (Phi) is 5.13. The average Bonchev–Trinajstić information content (AvgIpc) is 3.12. The third-order valence-electron chi connectivity index (χ3n) is 5.04. The first kappa shape index (κ1) is 18.5. The summed E-state index contributed by atoms with van der Waals surface area (Å²) in [7, 11) is 1.80. The van der Waals surface area contributed by atoms with Gasteiger partial charge >= 0.3 is 0 Å². The topological polar surface area (TPSA) is 49.0 Å². The molecular weight excluding hydrogens is 358 g/mol. The third-order valence-corrected chi connectivity index (χ3v) is 5.04. The highest BCUT2D eigenvalue weighted by atomic mass is 16.2. The van der Waals surface area contributed by atoms with E-state index in [1.165, 1.54) is 0 Å². The fourth-order valence-corrected chi connectivity index (χ4v) is 3.60. The second-order valence-electron chi connectivity index (χ2n) is 7.13. The van der Waals surface area contributed by atoms with Crippen molar-refractivity contribution >= 4 is 16.8 Å². The van der Waals surface area contributed by atoms with Gasteiger partial charge in [-0.15, -0.1) is 0 Å². The standard InChI is InChI=1S/C25H21N3O/c1-27(17-21-11-7-10-20(14-21)16-26)25(29)24-15-22-12-5-6-13-23(22)28(24)18-19-8-3-2-4-9-19/h2-15H,17-18H2,1H3. The van der Waals surface area contributed by atoms with E-state index in [2.05, 4.69) is 22.8 Å². The van der Waals surface area contributed by atoms with Crippen LogP contribution in [0.5, 0.6) is 0 Å². The van der Waals surface area contributed by atoms with Gasteiger partial charge in [0.15, 0.2) is 0 Å². The first-order valence-corrected chi connectivity index (χ1v) is 9.52. The molecule has 1 heterocycles. The van der Waals surface area contributed by atoms with Crippen LogP contribution in [0.2, 0.25) is 0 Å². The number of fused-ring (bicyclic) bond motifs is 1. The van der Waals surface area contributed by atoms with Crippen molar-refractivity contribution in [1.82, 2.24) is 9.47 Å². The van der Waals surface area contributed by atoms with Gasteiger partial charge in [0.1, 0.15) is 5.69 Å². The summed E-state index contributed by atoms with van der Waals surface area (Å²) in [6, 6.07) is 29.7. The van der Waals surface area contributed by atoms with Gasteiger partial charge in [-0.3, -0.25) is 4.79 Å². The van der Waals surface area contributed by atoms with Crippen molar-refractivity contribution in [2.45, 2.75) is 13.1 Å². The Morgan fingerprint density at radius 2 is 1.66 bits per heavy atom. The van der Waals surface area contributed by atoms with Crippen molar-refractivity contribution in [3.05, 3.63) is 107 Å². The van der Waals surface area contributed by atoms with Crippen molar-refractivity contribution < 1.29 is 4.79 Å². The molecule has 3 aromatic carbocycles. The minimum Gasteiger partial charge on any atom is -0.336 e. The van der Waals surface area contributed by atoms with E-state index in [1.807, 2.05) is 66.7 Å². The molecule has 142 valence electrons. The molecular formula is C25H21N3O. The summed E-state index contributed by atoms with van der Waals surface area (Å²) in [6.45, 7) is 1.08. The van der Waals surface area contributed by atoms with E-state index in [1.54, 1.807) is 18.0 Å². The van der Waals surface area contributed by atoms with Crippen LogP contribution in [-0.2, 0) is 13.1 Å². The average molecular weight is 379 g/mol. The lowest BCUT2D eigenvalue weighted by molar-refractivity contribution is 0.0775. The molecule has 0 radical (unpaired) electrons. The van der Waals surface area contributed by atoms with E-state index < -0.39 is 0 Å². The fraction of sp³-hybridized carbons (Fsp3) is 0.120. The summed E-state index contributed by atoms with van der Waals surface area (Å²) in [5.41, 5.74) is 4.38. The van der Waals surface area contributed by atoms with Crippen molar-refractivity contribution in [2.24, 2.45) is 0 Å². The van der Waals surface area contributed by atoms with Crippen LogP contribution in [0.3, 0.4) is 0 Å². The maximum absolute atomic E-state index is 13.3. The van der Waals surface area contributed by atoms with E-state index in [0.717, 1.165) is 22.0 Å². The zero-order chi connectivity index (χ0) is 20.2. The lowest BCUT2D eigenvalue weighted by Gasteiger charge is -2.19.